The molecule has 0 aliphatic heterocycles. The van der Waals surface area contributed by atoms with E-state index in [4.69, 9.17) is 0 Å². The van der Waals surface area contributed by atoms with Crippen LogP contribution in [0.2, 0.25) is 0 Å². The molecule has 0 radical (unpaired) electrons. The minimum Gasteiger partial charge on any atom is -0.378 e. The minimum absolute atomic E-state index is 0.0442. The van der Waals surface area contributed by atoms with Crippen molar-refractivity contribution in [1.82, 2.24) is 0 Å². The second-order valence-electron chi connectivity index (χ2n) is 5.79. The SMILES string of the molecule is Cc1cc(N(C)C)cc(C)c1NC(=O)Cc1cccc(F)c1F. The van der Waals surface area contributed by atoms with E-state index in [-0.39, 0.29) is 17.9 Å². The molecule has 0 heterocycles. The van der Waals surface area contributed by atoms with Gasteiger partial charge in [0.1, 0.15) is 0 Å². The quantitative estimate of drug-likeness (QED) is 0.929. The van der Waals surface area contributed by atoms with Crippen molar-refractivity contribution < 1.29 is 13.6 Å². The summed E-state index contributed by atoms with van der Waals surface area (Å²) in [5, 5.41) is 2.79. The highest BCUT2D eigenvalue weighted by Gasteiger charge is 2.14. The Morgan fingerprint density at radius 2 is 1.74 bits per heavy atom. The molecule has 2 aromatic rings. The van der Waals surface area contributed by atoms with Crippen LogP contribution in [0.5, 0.6) is 0 Å². The Kier molecular flexibility index (Phi) is 4.98. The molecule has 0 aliphatic carbocycles. The van der Waals surface area contributed by atoms with Crippen molar-refractivity contribution in [3.05, 3.63) is 58.7 Å². The van der Waals surface area contributed by atoms with E-state index < -0.39 is 11.6 Å². The van der Waals surface area contributed by atoms with Crippen molar-refractivity contribution >= 4 is 17.3 Å². The fraction of sp³-hybridized carbons (Fsp3) is 0.278. The van der Waals surface area contributed by atoms with Crippen LogP contribution in [0.15, 0.2) is 30.3 Å². The molecule has 2 rings (SSSR count). The number of hydrogen-bond acceptors (Lipinski definition) is 2. The summed E-state index contributed by atoms with van der Waals surface area (Å²) in [5.74, 6) is -2.30. The van der Waals surface area contributed by atoms with E-state index in [0.29, 0.717) is 5.69 Å². The topological polar surface area (TPSA) is 32.3 Å². The number of carbonyl (C=O) groups is 1. The molecule has 5 heteroatoms. The summed E-state index contributed by atoms with van der Waals surface area (Å²) < 4.78 is 26.8. The molecule has 0 saturated carbocycles. The fourth-order valence-electron chi connectivity index (χ4n) is 2.44. The van der Waals surface area contributed by atoms with Crippen LogP contribution in [0, 0.1) is 25.5 Å². The number of amides is 1. The number of anilines is 2. The first-order valence-corrected chi connectivity index (χ1v) is 7.31. The first-order valence-electron chi connectivity index (χ1n) is 7.31. The van der Waals surface area contributed by atoms with Gasteiger partial charge in [-0.3, -0.25) is 4.79 Å². The molecular weight excluding hydrogens is 298 g/mol. The zero-order valence-electron chi connectivity index (χ0n) is 13.7. The predicted molar refractivity (Wildman–Crippen MR) is 88.9 cm³/mol. The highest BCUT2D eigenvalue weighted by Crippen LogP contribution is 2.26. The molecule has 23 heavy (non-hydrogen) atoms. The van der Waals surface area contributed by atoms with Gasteiger partial charge in [-0.2, -0.15) is 0 Å². The van der Waals surface area contributed by atoms with E-state index >= 15 is 0 Å². The van der Waals surface area contributed by atoms with Gasteiger partial charge < -0.3 is 10.2 Å². The lowest BCUT2D eigenvalue weighted by atomic mass is 10.1. The summed E-state index contributed by atoms with van der Waals surface area (Å²) >= 11 is 0. The van der Waals surface area contributed by atoms with E-state index in [1.807, 2.05) is 45.0 Å². The Hall–Kier alpha value is -2.43. The molecular formula is C18H20F2N2O. The maximum Gasteiger partial charge on any atom is 0.228 e. The number of benzene rings is 2. The summed E-state index contributed by atoms with van der Waals surface area (Å²) in [4.78, 5) is 14.1. The summed E-state index contributed by atoms with van der Waals surface area (Å²) in [5.41, 5.74) is 3.62. The summed E-state index contributed by atoms with van der Waals surface area (Å²) in [7, 11) is 3.89. The first-order chi connectivity index (χ1) is 10.8. The lowest BCUT2D eigenvalue weighted by molar-refractivity contribution is -0.115. The smallest absolute Gasteiger partial charge is 0.228 e. The van der Waals surface area contributed by atoms with Crippen molar-refractivity contribution in [3.8, 4) is 0 Å². The van der Waals surface area contributed by atoms with Crippen LogP contribution in [-0.2, 0) is 11.2 Å². The number of nitrogens with one attached hydrogen (secondary N) is 1. The van der Waals surface area contributed by atoms with Gasteiger partial charge in [0.15, 0.2) is 11.6 Å². The molecule has 0 unspecified atom stereocenters. The molecule has 1 N–H and O–H groups in total. The number of hydrogen-bond donors (Lipinski definition) is 1. The van der Waals surface area contributed by atoms with E-state index in [9.17, 15) is 13.6 Å². The van der Waals surface area contributed by atoms with Crippen LogP contribution in [0.3, 0.4) is 0 Å². The standard InChI is InChI=1S/C18H20F2N2O/c1-11-8-14(22(3)4)9-12(2)18(11)21-16(23)10-13-6-5-7-15(19)17(13)20/h5-9H,10H2,1-4H3,(H,21,23). The van der Waals surface area contributed by atoms with Crippen LogP contribution < -0.4 is 10.2 Å². The number of carbonyl (C=O) groups excluding carboxylic acids is 1. The van der Waals surface area contributed by atoms with Crippen molar-refractivity contribution in [2.45, 2.75) is 20.3 Å². The van der Waals surface area contributed by atoms with Gasteiger partial charge in [0, 0.05) is 31.0 Å². The predicted octanol–water partition coefficient (Wildman–Crippen LogP) is 3.83. The highest BCUT2D eigenvalue weighted by molar-refractivity contribution is 5.94. The van der Waals surface area contributed by atoms with Crippen LogP contribution >= 0.6 is 0 Å². The normalized spacial score (nSPS) is 10.5. The summed E-state index contributed by atoms with van der Waals surface area (Å²) in [6.07, 6.45) is -0.210. The first kappa shape index (κ1) is 16.9. The molecule has 1 amide bonds. The molecule has 0 bridgehead atoms. The third-order valence-electron chi connectivity index (χ3n) is 3.68. The average molecular weight is 318 g/mol. The summed E-state index contributed by atoms with van der Waals surface area (Å²) in [6, 6.07) is 7.76. The van der Waals surface area contributed by atoms with Crippen LogP contribution in [-0.4, -0.2) is 20.0 Å². The lowest BCUT2D eigenvalue weighted by Crippen LogP contribution is -2.17. The lowest BCUT2D eigenvalue weighted by Gasteiger charge is -2.18. The largest absolute Gasteiger partial charge is 0.378 e. The van der Waals surface area contributed by atoms with Crippen LogP contribution in [0.4, 0.5) is 20.2 Å². The van der Waals surface area contributed by atoms with Gasteiger partial charge >= 0.3 is 0 Å². The number of halogens is 2. The fourth-order valence-corrected chi connectivity index (χ4v) is 2.44. The maximum atomic E-state index is 13.6. The molecule has 0 saturated heterocycles. The van der Waals surface area contributed by atoms with Crippen molar-refractivity contribution in [2.24, 2.45) is 0 Å². The van der Waals surface area contributed by atoms with E-state index in [1.165, 1.54) is 12.1 Å². The van der Waals surface area contributed by atoms with Gasteiger partial charge in [-0.1, -0.05) is 12.1 Å². The monoisotopic (exact) mass is 318 g/mol. The van der Waals surface area contributed by atoms with Crippen molar-refractivity contribution in [2.75, 3.05) is 24.3 Å². The summed E-state index contributed by atoms with van der Waals surface area (Å²) in [6.45, 7) is 3.80. The second-order valence-corrected chi connectivity index (χ2v) is 5.79. The highest BCUT2D eigenvalue weighted by atomic mass is 19.2. The number of aryl methyl sites for hydroxylation is 2. The second kappa shape index (κ2) is 6.77. The molecule has 0 atom stereocenters. The zero-order valence-corrected chi connectivity index (χ0v) is 13.7. The molecule has 0 fully saturated rings. The molecule has 0 spiro atoms. The Morgan fingerprint density at radius 1 is 1.13 bits per heavy atom. The Bertz CT molecular complexity index is 719. The number of nitrogens with zero attached hydrogens (tertiary/aromatic N) is 1. The molecule has 3 nitrogen and oxygen atoms in total. The van der Waals surface area contributed by atoms with Gasteiger partial charge in [0.2, 0.25) is 5.91 Å². The number of rotatable bonds is 4. The van der Waals surface area contributed by atoms with Crippen molar-refractivity contribution in [1.29, 1.82) is 0 Å². The van der Waals surface area contributed by atoms with Gasteiger partial charge in [-0.15, -0.1) is 0 Å². The van der Waals surface area contributed by atoms with E-state index in [1.54, 1.807) is 0 Å². The third-order valence-corrected chi connectivity index (χ3v) is 3.68. The average Bonchev–Trinajstić information content (AvgIpc) is 2.47. The Labute approximate surface area is 134 Å². The molecule has 0 aromatic heterocycles. The Balaban J connectivity index is 2.19. The van der Waals surface area contributed by atoms with E-state index in [2.05, 4.69) is 5.32 Å². The molecule has 122 valence electrons. The van der Waals surface area contributed by atoms with Gasteiger partial charge in [-0.05, 0) is 43.2 Å². The van der Waals surface area contributed by atoms with Gasteiger partial charge in [-0.25, -0.2) is 8.78 Å². The van der Waals surface area contributed by atoms with Crippen LogP contribution in [0.25, 0.3) is 0 Å². The van der Waals surface area contributed by atoms with Gasteiger partial charge in [0.05, 0.1) is 6.42 Å². The van der Waals surface area contributed by atoms with E-state index in [0.717, 1.165) is 22.9 Å². The maximum absolute atomic E-state index is 13.6. The molecule has 2 aromatic carbocycles. The van der Waals surface area contributed by atoms with Gasteiger partial charge in [0.25, 0.3) is 0 Å². The Morgan fingerprint density at radius 3 is 2.30 bits per heavy atom. The van der Waals surface area contributed by atoms with Crippen LogP contribution in [0.1, 0.15) is 16.7 Å². The third kappa shape index (κ3) is 3.86. The zero-order chi connectivity index (χ0) is 17.1. The van der Waals surface area contributed by atoms with Crippen molar-refractivity contribution in [3.63, 3.8) is 0 Å². The minimum atomic E-state index is -0.973. The molecule has 0 aliphatic rings.